The summed E-state index contributed by atoms with van der Waals surface area (Å²) in [5.41, 5.74) is 9.40. The number of nitrogens with one attached hydrogen (secondary N) is 1. The molecule has 2 atom stereocenters. The summed E-state index contributed by atoms with van der Waals surface area (Å²) in [5.74, 6) is 2.81. The SMILES string of the molecule is CCOc1ccc(C2C3=C(CC(c4ccc(OC)c(OC)c4)CC3=O)Nc3nc(N)nn32)cc1. The molecule has 0 saturated heterocycles. The summed E-state index contributed by atoms with van der Waals surface area (Å²) in [6.45, 7) is 2.53. The van der Waals surface area contributed by atoms with Gasteiger partial charge in [0.05, 0.1) is 20.8 Å². The van der Waals surface area contributed by atoms with E-state index in [1.54, 1.807) is 18.9 Å². The number of carbonyl (C=O) groups excluding carboxylic acids is 1. The van der Waals surface area contributed by atoms with Gasteiger partial charge in [-0.25, -0.2) is 4.68 Å². The van der Waals surface area contributed by atoms with Crippen molar-refractivity contribution < 1.29 is 19.0 Å². The van der Waals surface area contributed by atoms with Crippen molar-refractivity contribution in [1.82, 2.24) is 14.8 Å². The second kappa shape index (κ2) is 8.74. The highest BCUT2D eigenvalue weighted by atomic mass is 16.5. The number of Topliss-reactive ketones (excluding diaryl/α,β-unsaturated/α-hetero) is 1. The number of allylic oxidation sites excluding steroid dienone is 2. The molecule has 0 fully saturated rings. The van der Waals surface area contributed by atoms with Gasteiger partial charge in [-0.05, 0) is 54.7 Å². The van der Waals surface area contributed by atoms with Gasteiger partial charge in [0.15, 0.2) is 17.3 Å². The molecule has 1 aromatic heterocycles. The fourth-order valence-electron chi connectivity index (χ4n) is 4.79. The van der Waals surface area contributed by atoms with E-state index < -0.39 is 6.04 Å². The van der Waals surface area contributed by atoms with Crippen molar-refractivity contribution >= 4 is 17.7 Å². The van der Waals surface area contributed by atoms with Gasteiger partial charge in [0, 0.05) is 17.7 Å². The number of carbonyl (C=O) groups is 1. The molecule has 3 aromatic rings. The molecule has 3 N–H and O–H groups in total. The van der Waals surface area contributed by atoms with Crippen LogP contribution in [0.2, 0.25) is 0 Å². The molecule has 9 nitrogen and oxygen atoms in total. The first-order valence-corrected chi connectivity index (χ1v) is 11.2. The van der Waals surface area contributed by atoms with E-state index in [9.17, 15) is 4.79 Å². The normalized spacial score (nSPS) is 19.2. The molecule has 0 bridgehead atoms. The summed E-state index contributed by atoms with van der Waals surface area (Å²) in [6, 6.07) is 13.1. The Labute approximate surface area is 197 Å². The maximum absolute atomic E-state index is 13.6. The molecule has 1 aliphatic carbocycles. The number of ketones is 1. The van der Waals surface area contributed by atoms with Crippen molar-refractivity contribution in [2.24, 2.45) is 0 Å². The lowest BCUT2D eigenvalue weighted by molar-refractivity contribution is -0.116. The summed E-state index contributed by atoms with van der Waals surface area (Å²) >= 11 is 0. The smallest absolute Gasteiger partial charge is 0.241 e. The van der Waals surface area contributed by atoms with E-state index in [-0.39, 0.29) is 17.6 Å². The molecule has 9 heteroatoms. The molecule has 2 unspecified atom stereocenters. The van der Waals surface area contributed by atoms with E-state index in [0.717, 1.165) is 22.6 Å². The van der Waals surface area contributed by atoms with Crippen molar-refractivity contribution in [2.45, 2.75) is 31.7 Å². The van der Waals surface area contributed by atoms with E-state index in [4.69, 9.17) is 19.9 Å². The van der Waals surface area contributed by atoms with Crippen molar-refractivity contribution in [3.63, 3.8) is 0 Å². The highest BCUT2D eigenvalue weighted by Crippen LogP contribution is 2.45. The van der Waals surface area contributed by atoms with Crippen molar-refractivity contribution in [3.8, 4) is 17.2 Å². The van der Waals surface area contributed by atoms with E-state index in [1.165, 1.54) is 0 Å². The number of anilines is 2. The van der Waals surface area contributed by atoms with Crippen LogP contribution in [0.1, 0.15) is 42.9 Å². The topological polar surface area (TPSA) is 114 Å². The van der Waals surface area contributed by atoms with Gasteiger partial charge in [-0.15, -0.1) is 5.10 Å². The first-order chi connectivity index (χ1) is 16.5. The predicted octanol–water partition coefficient (Wildman–Crippen LogP) is 3.69. The Kier molecular flexibility index (Phi) is 5.61. The Morgan fingerprint density at radius 1 is 1.06 bits per heavy atom. The minimum atomic E-state index is -0.411. The third kappa shape index (κ3) is 3.72. The second-order valence-electron chi connectivity index (χ2n) is 8.30. The van der Waals surface area contributed by atoms with Crippen LogP contribution in [0.5, 0.6) is 17.2 Å². The summed E-state index contributed by atoms with van der Waals surface area (Å²) < 4.78 is 18.1. The number of methoxy groups -OCH3 is 2. The Morgan fingerprint density at radius 2 is 1.79 bits per heavy atom. The molecule has 2 aromatic carbocycles. The van der Waals surface area contributed by atoms with E-state index >= 15 is 0 Å². The first kappa shape index (κ1) is 21.8. The number of hydrogen-bond acceptors (Lipinski definition) is 8. The molecule has 0 saturated carbocycles. The van der Waals surface area contributed by atoms with Crippen molar-refractivity contribution in [3.05, 3.63) is 64.9 Å². The van der Waals surface area contributed by atoms with Crippen LogP contribution in [0.3, 0.4) is 0 Å². The molecule has 2 aliphatic rings. The van der Waals surface area contributed by atoms with Gasteiger partial charge in [0.2, 0.25) is 11.9 Å². The Hall–Kier alpha value is -4.01. The lowest BCUT2D eigenvalue weighted by Gasteiger charge is -2.35. The summed E-state index contributed by atoms with van der Waals surface area (Å²) in [7, 11) is 3.21. The van der Waals surface area contributed by atoms with Crippen LogP contribution in [0.4, 0.5) is 11.9 Å². The van der Waals surface area contributed by atoms with Gasteiger partial charge in [-0.2, -0.15) is 4.98 Å². The average molecular weight is 462 g/mol. The monoisotopic (exact) mass is 461 g/mol. The lowest BCUT2D eigenvalue weighted by Crippen LogP contribution is -2.33. The van der Waals surface area contributed by atoms with Crippen LogP contribution in [-0.2, 0) is 4.79 Å². The minimum absolute atomic E-state index is 0.00800. The number of aromatic nitrogens is 3. The number of hydrogen-bond donors (Lipinski definition) is 2. The average Bonchev–Trinajstić information content (AvgIpc) is 3.22. The molecule has 0 amide bonds. The maximum atomic E-state index is 13.6. The molecule has 1 aliphatic heterocycles. The number of fused-ring (bicyclic) bond motifs is 1. The van der Waals surface area contributed by atoms with Crippen LogP contribution in [0.25, 0.3) is 0 Å². The molecule has 5 rings (SSSR count). The number of ether oxygens (including phenoxy) is 3. The van der Waals surface area contributed by atoms with Gasteiger partial charge in [0.25, 0.3) is 0 Å². The van der Waals surface area contributed by atoms with E-state index in [1.807, 2.05) is 49.4 Å². The van der Waals surface area contributed by atoms with Gasteiger partial charge in [-0.3, -0.25) is 4.79 Å². The predicted molar refractivity (Wildman–Crippen MR) is 127 cm³/mol. The summed E-state index contributed by atoms with van der Waals surface area (Å²) in [4.78, 5) is 17.9. The standard InChI is InChI=1S/C25H27N5O4/c1-4-34-17-8-5-14(6-9-17)23-22-18(27-25-28-24(26)29-30(23)25)11-16(12-19(22)31)15-7-10-20(32-2)21(13-15)33-3/h5-10,13,16,23H,4,11-12H2,1-3H3,(H3,26,27,28,29). The third-order valence-corrected chi connectivity index (χ3v) is 6.32. The first-order valence-electron chi connectivity index (χ1n) is 11.2. The zero-order chi connectivity index (χ0) is 23.8. The Morgan fingerprint density at radius 3 is 2.50 bits per heavy atom. The zero-order valence-electron chi connectivity index (χ0n) is 19.4. The molecule has 2 heterocycles. The molecular weight excluding hydrogens is 434 g/mol. The fraction of sp³-hybridized carbons (Fsp3) is 0.320. The molecule has 176 valence electrons. The third-order valence-electron chi connectivity index (χ3n) is 6.32. The summed E-state index contributed by atoms with van der Waals surface area (Å²) in [5, 5.41) is 7.70. The van der Waals surface area contributed by atoms with Gasteiger partial charge >= 0.3 is 0 Å². The quantitative estimate of drug-likeness (QED) is 0.571. The maximum Gasteiger partial charge on any atom is 0.241 e. The number of nitrogen functional groups attached to an aromatic ring is 1. The molecule has 0 spiro atoms. The summed E-state index contributed by atoms with van der Waals surface area (Å²) in [6.07, 6.45) is 1.03. The number of rotatable bonds is 6. The number of nitrogens with two attached hydrogens (primary N) is 1. The fourth-order valence-corrected chi connectivity index (χ4v) is 4.79. The molecule has 0 radical (unpaired) electrons. The number of nitrogens with zero attached hydrogens (tertiary/aromatic N) is 3. The zero-order valence-corrected chi connectivity index (χ0v) is 19.4. The van der Waals surface area contributed by atoms with Crippen LogP contribution in [0, 0.1) is 0 Å². The van der Waals surface area contributed by atoms with Crippen LogP contribution < -0.4 is 25.3 Å². The Balaban J connectivity index is 1.54. The number of benzene rings is 2. The van der Waals surface area contributed by atoms with Crippen LogP contribution >= 0.6 is 0 Å². The van der Waals surface area contributed by atoms with E-state index in [0.29, 0.717) is 42.5 Å². The van der Waals surface area contributed by atoms with Crippen LogP contribution in [-0.4, -0.2) is 41.4 Å². The van der Waals surface area contributed by atoms with Gasteiger partial charge < -0.3 is 25.3 Å². The van der Waals surface area contributed by atoms with Crippen molar-refractivity contribution in [1.29, 1.82) is 0 Å². The largest absolute Gasteiger partial charge is 0.494 e. The van der Waals surface area contributed by atoms with E-state index in [2.05, 4.69) is 15.4 Å². The minimum Gasteiger partial charge on any atom is -0.494 e. The van der Waals surface area contributed by atoms with Crippen molar-refractivity contribution in [2.75, 3.05) is 31.9 Å². The van der Waals surface area contributed by atoms with Crippen LogP contribution in [0.15, 0.2) is 53.7 Å². The second-order valence-corrected chi connectivity index (χ2v) is 8.30. The molecule has 34 heavy (non-hydrogen) atoms. The molecular formula is C25H27N5O4. The van der Waals surface area contributed by atoms with Gasteiger partial charge in [0.1, 0.15) is 11.8 Å². The van der Waals surface area contributed by atoms with Gasteiger partial charge in [-0.1, -0.05) is 18.2 Å². The highest BCUT2D eigenvalue weighted by molar-refractivity contribution is 6.00. The lowest BCUT2D eigenvalue weighted by atomic mass is 9.78. The highest BCUT2D eigenvalue weighted by Gasteiger charge is 2.39. The Bertz CT molecular complexity index is 1260.